The molecule has 0 bridgehead atoms. The molecule has 138 valence electrons. The summed E-state index contributed by atoms with van der Waals surface area (Å²) < 4.78 is 7.96. The number of rotatable bonds is 3. The van der Waals surface area contributed by atoms with Gasteiger partial charge in [-0.15, -0.1) is 16.4 Å². The number of halogens is 2. The molecule has 9 heteroatoms. The average Bonchev–Trinajstić information content (AvgIpc) is 3.00. The maximum Gasteiger partial charge on any atom is 0.292 e. The van der Waals surface area contributed by atoms with Gasteiger partial charge in [0.1, 0.15) is 15.0 Å². The second-order valence-electron chi connectivity index (χ2n) is 6.12. The van der Waals surface area contributed by atoms with Crippen molar-refractivity contribution in [1.82, 2.24) is 20.0 Å². The average molecular weight is 466 g/mol. The summed E-state index contributed by atoms with van der Waals surface area (Å²) in [6.45, 7) is 4.19. The first kappa shape index (κ1) is 18.5. The van der Waals surface area contributed by atoms with E-state index < -0.39 is 0 Å². The summed E-state index contributed by atoms with van der Waals surface area (Å²) in [6, 6.07) is 5.35. The van der Waals surface area contributed by atoms with Gasteiger partial charge in [0.05, 0.1) is 18.0 Å². The molecule has 3 aromatic heterocycles. The van der Waals surface area contributed by atoms with Gasteiger partial charge in [-0.1, -0.05) is 22.9 Å². The zero-order chi connectivity index (χ0) is 19.3. The summed E-state index contributed by atoms with van der Waals surface area (Å²) in [4.78, 5) is 18.4. The molecular formula is C18H14BrClN4O2S. The van der Waals surface area contributed by atoms with E-state index in [4.69, 9.17) is 16.3 Å². The Kier molecular flexibility index (Phi) is 4.75. The van der Waals surface area contributed by atoms with Gasteiger partial charge in [-0.25, -0.2) is 4.98 Å². The number of aryl methyl sites for hydroxylation is 2. The number of benzene rings is 1. The van der Waals surface area contributed by atoms with Gasteiger partial charge in [0.2, 0.25) is 0 Å². The molecule has 0 atom stereocenters. The Morgan fingerprint density at radius 1 is 1.33 bits per heavy atom. The molecule has 0 spiro atoms. The number of hydrogen-bond acceptors (Lipinski definition) is 6. The number of pyridine rings is 1. The minimum Gasteiger partial charge on any atom is -0.380 e. The third-order valence-electron chi connectivity index (χ3n) is 4.33. The SMILES string of the molecule is COCc1c(Br)c(C)nc2sc3c(=O)n(-c4ccc(C)c(Cl)c4)nnc3c12. The molecule has 0 saturated carbocycles. The Labute approximate surface area is 171 Å². The van der Waals surface area contributed by atoms with Crippen LogP contribution in [0.15, 0.2) is 27.5 Å². The van der Waals surface area contributed by atoms with Crippen LogP contribution in [-0.2, 0) is 11.3 Å². The molecule has 0 aliphatic rings. The van der Waals surface area contributed by atoms with Gasteiger partial charge < -0.3 is 4.74 Å². The Balaban J connectivity index is 2.04. The number of fused-ring (bicyclic) bond motifs is 3. The normalized spacial score (nSPS) is 11.6. The third-order valence-corrected chi connectivity index (χ3v) is 6.85. The number of aromatic nitrogens is 4. The van der Waals surface area contributed by atoms with Crippen LogP contribution in [0.25, 0.3) is 26.1 Å². The zero-order valence-electron chi connectivity index (χ0n) is 14.7. The van der Waals surface area contributed by atoms with Crippen molar-refractivity contribution in [3.8, 4) is 5.69 Å². The van der Waals surface area contributed by atoms with Crippen LogP contribution in [0, 0.1) is 13.8 Å². The van der Waals surface area contributed by atoms with Crippen LogP contribution in [0.3, 0.4) is 0 Å². The topological polar surface area (TPSA) is 69.9 Å². The Morgan fingerprint density at radius 3 is 2.81 bits per heavy atom. The molecule has 0 aliphatic heterocycles. The highest BCUT2D eigenvalue weighted by Gasteiger charge is 2.20. The molecule has 0 N–H and O–H groups in total. The lowest BCUT2D eigenvalue weighted by Gasteiger charge is -2.08. The van der Waals surface area contributed by atoms with Crippen molar-refractivity contribution < 1.29 is 4.74 Å². The first-order chi connectivity index (χ1) is 12.9. The highest BCUT2D eigenvalue weighted by atomic mass is 79.9. The monoisotopic (exact) mass is 464 g/mol. The Bertz CT molecular complexity index is 1270. The van der Waals surface area contributed by atoms with Crippen LogP contribution in [0.2, 0.25) is 5.02 Å². The largest absolute Gasteiger partial charge is 0.380 e. The Morgan fingerprint density at radius 2 is 2.11 bits per heavy atom. The van der Waals surface area contributed by atoms with Crippen molar-refractivity contribution in [2.24, 2.45) is 0 Å². The second-order valence-corrected chi connectivity index (χ2v) is 8.32. The Hall–Kier alpha value is -1.87. The van der Waals surface area contributed by atoms with Crippen molar-refractivity contribution in [3.63, 3.8) is 0 Å². The molecule has 0 aliphatic carbocycles. The fourth-order valence-electron chi connectivity index (χ4n) is 2.92. The number of ether oxygens (including phenoxy) is 1. The summed E-state index contributed by atoms with van der Waals surface area (Å²) in [5.74, 6) is 0. The predicted molar refractivity (Wildman–Crippen MR) is 111 cm³/mol. The van der Waals surface area contributed by atoms with E-state index in [0.29, 0.717) is 27.5 Å². The highest BCUT2D eigenvalue weighted by molar-refractivity contribution is 9.10. The van der Waals surface area contributed by atoms with Crippen molar-refractivity contribution >= 4 is 59.3 Å². The molecule has 0 radical (unpaired) electrons. The van der Waals surface area contributed by atoms with E-state index in [2.05, 4.69) is 31.2 Å². The molecule has 0 saturated heterocycles. The van der Waals surface area contributed by atoms with Crippen LogP contribution in [0.1, 0.15) is 16.8 Å². The number of hydrogen-bond donors (Lipinski definition) is 0. The zero-order valence-corrected chi connectivity index (χ0v) is 17.9. The van der Waals surface area contributed by atoms with Gasteiger partial charge in [-0.2, -0.15) is 4.68 Å². The summed E-state index contributed by atoms with van der Waals surface area (Å²) in [5, 5.41) is 9.85. The van der Waals surface area contributed by atoms with Crippen LogP contribution < -0.4 is 5.56 Å². The fraction of sp³-hybridized carbons (Fsp3) is 0.222. The lowest BCUT2D eigenvalue weighted by molar-refractivity contribution is 0.185. The van der Waals surface area contributed by atoms with E-state index in [0.717, 1.165) is 31.5 Å². The molecule has 6 nitrogen and oxygen atoms in total. The van der Waals surface area contributed by atoms with E-state index in [1.165, 1.54) is 16.0 Å². The first-order valence-electron chi connectivity index (χ1n) is 8.05. The molecule has 4 aromatic rings. The van der Waals surface area contributed by atoms with Gasteiger partial charge in [-0.3, -0.25) is 4.79 Å². The van der Waals surface area contributed by atoms with E-state index in [9.17, 15) is 4.79 Å². The van der Waals surface area contributed by atoms with Crippen LogP contribution >= 0.6 is 38.9 Å². The van der Waals surface area contributed by atoms with E-state index in [1.807, 2.05) is 19.9 Å². The number of thiophene rings is 1. The van der Waals surface area contributed by atoms with Crippen LogP contribution in [0.5, 0.6) is 0 Å². The van der Waals surface area contributed by atoms with Crippen LogP contribution in [-0.4, -0.2) is 27.1 Å². The highest BCUT2D eigenvalue weighted by Crippen LogP contribution is 2.36. The molecule has 0 fully saturated rings. The first-order valence-corrected chi connectivity index (χ1v) is 10.0. The number of methoxy groups -OCH3 is 1. The van der Waals surface area contributed by atoms with Crippen molar-refractivity contribution in [1.29, 1.82) is 0 Å². The molecule has 27 heavy (non-hydrogen) atoms. The maximum absolute atomic E-state index is 13.1. The minimum absolute atomic E-state index is 0.250. The molecule has 4 rings (SSSR count). The van der Waals surface area contributed by atoms with Gasteiger partial charge in [-0.05, 0) is 47.5 Å². The minimum atomic E-state index is -0.250. The summed E-state index contributed by atoms with van der Waals surface area (Å²) in [6.07, 6.45) is 0. The van der Waals surface area contributed by atoms with E-state index >= 15 is 0 Å². The van der Waals surface area contributed by atoms with Gasteiger partial charge in [0.25, 0.3) is 5.56 Å². The quantitative estimate of drug-likeness (QED) is 0.443. The molecule has 3 heterocycles. The van der Waals surface area contributed by atoms with Crippen molar-refractivity contribution in [2.45, 2.75) is 20.5 Å². The number of nitrogens with zero attached hydrogens (tertiary/aromatic N) is 4. The predicted octanol–water partition coefficient (Wildman–Crippen LogP) is 4.57. The van der Waals surface area contributed by atoms with Gasteiger partial charge >= 0.3 is 0 Å². The van der Waals surface area contributed by atoms with Gasteiger partial charge in [0, 0.05) is 27.6 Å². The molecule has 0 amide bonds. The molecule has 0 unspecified atom stereocenters. The summed E-state index contributed by atoms with van der Waals surface area (Å²) in [7, 11) is 1.63. The third kappa shape index (κ3) is 2.97. The summed E-state index contributed by atoms with van der Waals surface area (Å²) in [5.41, 5.74) is 3.54. The van der Waals surface area contributed by atoms with E-state index in [-0.39, 0.29) is 5.56 Å². The molecule has 1 aromatic carbocycles. The van der Waals surface area contributed by atoms with E-state index in [1.54, 1.807) is 19.2 Å². The lowest BCUT2D eigenvalue weighted by atomic mass is 10.1. The van der Waals surface area contributed by atoms with Crippen molar-refractivity contribution in [3.05, 3.63) is 54.9 Å². The smallest absolute Gasteiger partial charge is 0.292 e. The summed E-state index contributed by atoms with van der Waals surface area (Å²) >= 11 is 11.1. The maximum atomic E-state index is 13.1. The lowest BCUT2D eigenvalue weighted by Crippen LogP contribution is -2.21. The second kappa shape index (κ2) is 6.94. The van der Waals surface area contributed by atoms with Crippen molar-refractivity contribution in [2.75, 3.05) is 7.11 Å². The fourth-order valence-corrected chi connectivity index (χ4v) is 4.61. The molecular weight excluding hydrogens is 452 g/mol. The van der Waals surface area contributed by atoms with Gasteiger partial charge in [0.15, 0.2) is 0 Å². The van der Waals surface area contributed by atoms with Crippen LogP contribution in [0.4, 0.5) is 0 Å². The standard InChI is InChI=1S/C18H14BrClN4O2S/c1-8-4-5-10(6-12(8)20)24-18(25)16-15(22-23-24)13-11(7-26-3)14(19)9(2)21-17(13)27-16/h4-6H,7H2,1-3H3.